The Kier molecular flexibility index (Phi) is 6.79. The van der Waals surface area contributed by atoms with E-state index in [2.05, 4.69) is 40.6 Å². The van der Waals surface area contributed by atoms with Crippen molar-refractivity contribution in [1.82, 2.24) is 20.2 Å². The highest BCUT2D eigenvalue weighted by Gasteiger charge is 2.37. The van der Waals surface area contributed by atoms with Gasteiger partial charge in [0.15, 0.2) is 6.04 Å². The van der Waals surface area contributed by atoms with Gasteiger partial charge in [-0.1, -0.05) is 30.3 Å². The van der Waals surface area contributed by atoms with E-state index < -0.39 is 0 Å². The largest absolute Gasteiger partial charge is 0.497 e. The quantitative estimate of drug-likeness (QED) is 0.517. The Labute approximate surface area is 183 Å². The molecule has 2 heterocycles. The standard InChI is InChI=1S/C23H30N6O2/c1-4-27-12-14-28(15-13-27)22(20-11-10-19(30-2)16-21(20)31-3)23-24-25-26-29(23)17-18-8-6-5-7-9-18/h5-11,16,22H,4,12-15,17H2,1-3H3/p+2/t22-/m0/s1. The Bertz CT molecular complexity index is 969. The third kappa shape index (κ3) is 4.70. The number of likely N-dealkylation sites (N-methyl/N-ethyl adjacent to an activating group) is 1. The van der Waals surface area contributed by atoms with Crippen molar-refractivity contribution < 1.29 is 19.3 Å². The van der Waals surface area contributed by atoms with Gasteiger partial charge < -0.3 is 19.3 Å². The lowest BCUT2D eigenvalue weighted by atomic mass is 10.0. The van der Waals surface area contributed by atoms with Gasteiger partial charge >= 0.3 is 0 Å². The molecule has 1 aliphatic heterocycles. The van der Waals surface area contributed by atoms with Crippen LogP contribution in [0.3, 0.4) is 0 Å². The number of piperazine rings is 1. The predicted molar refractivity (Wildman–Crippen MR) is 117 cm³/mol. The maximum absolute atomic E-state index is 5.78. The Balaban J connectivity index is 1.73. The van der Waals surface area contributed by atoms with E-state index in [0.717, 1.165) is 55.6 Å². The fourth-order valence-corrected chi connectivity index (χ4v) is 4.45. The third-order valence-corrected chi connectivity index (χ3v) is 6.25. The molecule has 164 valence electrons. The van der Waals surface area contributed by atoms with Crippen LogP contribution >= 0.6 is 0 Å². The Morgan fingerprint density at radius 1 is 1.00 bits per heavy atom. The first-order valence-corrected chi connectivity index (χ1v) is 10.9. The van der Waals surface area contributed by atoms with Crippen molar-refractivity contribution in [3.63, 3.8) is 0 Å². The van der Waals surface area contributed by atoms with Gasteiger partial charge in [0.2, 0.25) is 5.82 Å². The summed E-state index contributed by atoms with van der Waals surface area (Å²) in [4.78, 5) is 3.11. The maximum Gasteiger partial charge on any atom is 0.214 e. The zero-order valence-electron chi connectivity index (χ0n) is 18.5. The van der Waals surface area contributed by atoms with Gasteiger partial charge in [-0.05, 0) is 35.0 Å². The van der Waals surface area contributed by atoms with E-state index in [1.165, 1.54) is 10.5 Å². The summed E-state index contributed by atoms with van der Waals surface area (Å²) in [5.41, 5.74) is 2.26. The van der Waals surface area contributed by atoms with E-state index in [4.69, 9.17) is 9.47 Å². The van der Waals surface area contributed by atoms with Crippen LogP contribution in [0.25, 0.3) is 0 Å². The summed E-state index contributed by atoms with van der Waals surface area (Å²) < 4.78 is 13.1. The molecule has 1 fully saturated rings. The van der Waals surface area contributed by atoms with E-state index in [-0.39, 0.29) is 6.04 Å². The monoisotopic (exact) mass is 424 g/mol. The zero-order chi connectivity index (χ0) is 21.6. The molecular weight excluding hydrogens is 392 g/mol. The molecule has 1 atom stereocenters. The SMILES string of the molecule is CC[NH+]1CC[NH+]([C@@H](c2ccc(OC)cc2OC)c2nnnn2Cc2ccccc2)CC1. The third-order valence-electron chi connectivity index (χ3n) is 6.25. The molecule has 2 aromatic carbocycles. The topological polar surface area (TPSA) is 70.9 Å². The van der Waals surface area contributed by atoms with Crippen molar-refractivity contribution in [3.8, 4) is 11.5 Å². The molecular formula is C23H32N6O2+2. The molecule has 1 aromatic heterocycles. The summed E-state index contributed by atoms with van der Waals surface area (Å²) in [5.74, 6) is 2.44. The summed E-state index contributed by atoms with van der Waals surface area (Å²) in [5, 5.41) is 12.9. The van der Waals surface area contributed by atoms with Crippen molar-refractivity contribution >= 4 is 0 Å². The first-order chi connectivity index (χ1) is 15.2. The van der Waals surface area contributed by atoms with Crippen molar-refractivity contribution in [2.24, 2.45) is 0 Å². The Hall–Kier alpha value is -2.97. The van der Waals surface area contributed by atoms with Crippen LogP contribution in [0.4, 0.5) is 0 Å². The molecule has 0 amide bonds. The van der Waals surface area contributed by atoms with Crippen molar-refractivity contribution in [3.05, 3.63) is 65.5 Å². The number of benzene rings is 2. The molecule has 0 aliphatic carbocycles. The summed E-state index contributed by atoms with van der Waals surface area (Å²) in [7, 11) is 3.38. The number of hydrogen-bond acceptors (Lipinski definition) is 5. The number of tetrazole rings is 1. The smallest absolute Gasteiger partial charge is 0.214 e. The second-order valence-electron chi connectivity index (χ2n) is 7.98. The van der Waals surface area contributed by atoms with E-state index in [1.807, 2.05) is 35.0 Å². The summed E-state index contributed by atoms with van der Waals surface area (Å²) in [6.07, 6.45) is 0. The number of quaternary nitrogens is 2. The zero-order valence-corrected chi connectivity index (χ0v) is 18.5. The van der Waals surface area contributed by atoms with Gasteiger partial charge in [-0.15, -0.1) is 5.10 Å². The first-order valence-electron chi connectivity index (χ1n) is 10.9. The molecule has 1 saturated heterocycles. The average Bonchev–Trinajstić information content (AvgIpc) is 3.28. The minimum atomic E-state index is -0.0158. The van der Waals surface area contributed by atoms with Crippen molar-refractivity contribution in [2.75, 3.05) is 46.9 Å². The van der Waals surface area contributed by atoms with Crippen LogP contribution in [0.5, 0.6) is 11.5 Å². The molecule has 0 saturated carbocycles. The van der Waals surface area contributed by atoms with Crippen LogP contribution in [0.1, 0.15) is 29.9 Å². The molecule has 0 spiro atoms. The van der Waals surface area contributed by atoms with Crippen LogP contribution in [0.2, 0.25) is 0 Å². The predicted octanol–water partition coefficient (Wildman–Crippen LogP) is -0.369. The Morgan fingerprint density at radius 2 is 1.77 bits per heavy atom. The second kappa shape index (κ2) is 9.89. The molecule has 4 rings (SSSR count). The molecule has 1 aliphatic rings. The van der Waals surface area contributed by atoms with E-state index in [1.54, 1.807) is 19.1 Å². The van der Waals surface area contributed by atoms with Crippen LogP contribution in [-0.4, -0.2) is 67.2 Å². The van der Waals surface area contributed by atoms with Gasteiger partial charge in [0.25, 0.3) is 0 Å². The van der Waals surface area contributed by atoms with Gasteiger partial charge in [-0.25, -0.2) is 4.68 Å². The van der Waals surface area contributed by atoms with Crippen molar-refractivity contribution in [2.45, 2.75) is 19.5 Å². The second-order valence-corrected chi connectivity index (χ2v) is 7.98. The fraction of sp³-hybridized carbons (Fsp3) is 0.435. The Morgan fingerprint density at radius 3 is 2.45 bits per heavy atom. The fourth-order valence-electron chi connectivity index (χ4n) is 4.45. The summed E-state index contributed by atoms with van der Waals surface area (Å²) in [6, 6.07) is 16.3. The lowest BCUT2D eigenvalue weighted by Crippen LogP contribution is -3.28. The van der Waals surface area contributed by atoms with Gasteiger partial charge in [0, 0.05) is 6.07 Å². The molecule has 3 aromatic rings. The summed E-state index contributed by atoms with van der Waals surface area (Å²) in [6.45, 7) is 8.45. The normalized spacial score (nSPS) is 19.7. The van der Waals surface area contributed by atoms with Crippen LogP contribution < -0.4 is 19.3 Å². The van der Waals surface area contributed by atoms with Gasteiger partial charge in [0.1, 0.15) is 37.7 Å². The number of aromatic nitrogens is 4. The minimum Gasteiger partial charge on any atom is -0.497 e. The van der Waals surface area contributed by atoms with Gasteiger partial charge in [0.05, 0.1) is 32.9 Å². The van der Waals surface area contributed by atoms with Gasteiger partial charge in [-0.2, -0.15) is 0 Å². The highest BCUT2D eigenvalue weighted by Crippen LogP contribution is 2.31. The first kappa shape index (κ1) is 21.3. The molecule has 8 nitrogen and oxygen atoms in total. The molecule has 0 bridgehead atoms. The van der Waals surface area contributed by atoms with E-state index in [9.17, 15) is 0 Å². The van der Waals surface area contributed by atoms with Crippen LogP contribution in [0.15, 0.2) is 48.5 Å². The lowest BCUT2D eigenvalue weighted by molar-refractivity contribution is -1.02. The minimum absolute atomic E-state index is 0.0158. The maximum atomic E-state index is 5.78. The van der Waals surface area contributed by atoms with E-state index >= 15 is 0 Å². The number of nitrogens with one attached hydrogen (secondary N) is 2. The molecule has 2 N–H and O–H groups in total. The number of hydrogen-bond donors (Lipinski definition) is 2. The number of ether oxygens (including phenoxy) is 2. The summed E-state index contributed by atoms with van der Waals surface area (Å²) >= 11 is 0. The highest BCUT2D eigenvalue weighted by molar-refractivity contribution is 5.43. The molecule has 8 heteroatoms. The van der Waals surface area contributed by atoms with Gasteiger partial charge in [-0.3, -0.25) is 0 Å². The molecule has 31 heavy (non-hydrogen) atoms. The number of methoxy groups -OCH3 is 2. The molecule has 0 radical (unpaired) electrons. The molecule has 0 unspecified atom stereocenters. The highest BCUT2D eigenvalue weighted by atomic mass is 16.5. The lowest BCUT2D eigenvalue weighted by Gasteiger charge is -2.34. The van der Waals surface area contributed by atoms with Crippen LogP contribution in [-0.2, 0) is 6.54 Å². The van der Waals surface area contributed by atoms with E-state index in [0.29, 0.717) is 6.54 Å². The van der Waals surface area contributed by atoms with Crippen LogP contribution in [0, 0.1) is 0 Å². The van der Waals surface area contributed by atoms with Crippen molar-refractivity contribution in [1.29, 1.82) is 0 Å². The number of nitrogens with zero attached hydrogens (tertiary/aromatic N) is 4. The average molecular weight is 425 g/mol. The number of rotatable bonds is 8.